The molecule has 0 bridgehead atoms. The molecule has 1 aliphatic heterocycles. The Morgan fingerprint density at radius 1 is 0.917 bits per heavy atom. The number of hydrogen-bond donors (Lipinski definition) is 4. The van der Waals surface area contributed by atoms with Gasteiger partial charge in [-0.25, -0.2) is 4.79 Å². The van der Waals surface area contributed by atoms with Crippen molar-refractivity contribution in [1.29, 1.82) is 0 Å². The van der Waals surface area contributed by atoms with Crippen LogP contribution in [0, 0.1) is 0 Å². The first-order chi connectivity index (χ1) is 17.0. The van der Waals surface area contributed by atoms with E-state index in [9.17, 15) is 13.8 Å². The third kappa shape index (κ3) is 6.32. The minimum atomic E-state index is -2.58. The Morgan fingerprint density at radius 2 is 1.58 bits per heavy atom. The van der Waals surface area contributed by atoms with E-state index < -0.39 is 21.8 Å². The molecule has 1 fully saturated rings. The number of rotatable bonds is 5. The summed E-state index contributed by atoms with van der Waals surface area (Å²) in [5.74, 6) is 0.259. The topological polar surface area (TPSA) is 96.5 Å². The monoisotopic (exact) mass is 527 g/mol. The van der Waals surface area contributed by atoms with Crippen molar-refractivity contribution in [2.45, 2.75) is 37.7 Å². The molecule has 3 aromatic carbocycles. The molecule has 3 N–H and O–H groups in total. The number of amides is 2. The number of nitrogens with one attached hydrogen (secondary N) is 3. The molecule has 0 spiro atoms. The van der Waals surface area contributed by atoms with Crippen LogP contribution in [0.25, 0.3) is 11.1 Å². The predicted octanol–water partition coefficient (Wildman–Crippen LogP) is 5.89. The highest BCUT2D eigenvalue weighted by Gasteiger charge is 2.23. The van der Waals surface area contributed by atoms with Crippen LogP contribution in [0.5, 0.6) is 0 Å². The number of halogens is 1. The van der Waals surface area contributed by atoms with Gasteiger partial charge in [0.05, 0.1) is 11.4 Å². The van der Waals surface area contributed by atoms with Crippen molar-refractivity contribution in [2.75, 3.05) is 22.9 Å². The first-order valence-corrected chi connectivity index (χ1v) is 14.0. The number of thiol groups is 1. The molecule has 190 valence electrons. The molecule has 36 heavy (non-hydrogen) atoms. The van der Waals surface area contributed by atoms with E-state index in [1.165, 1.54) is 0 Å². The first kappa shape index (κ1) is 25.9. The molecule has 0 aromatic heterocycles. The van der Waals surface area contributed by atoms with Crippen LogP contribution in [0.4, 0.5) is 16.2 Å². The largest absolute Gasteiger partial charge is 0.444 e. The molecular weight excluding hydrogens is 498 g/mol. The minimum Gasteiger partial charge on any atom is -0.444 e. The van der Waals surface area contributed by atoms with Gasteiger partial charge in [0.1, 0.15) is 5.60 Å². The molecule has 0 atom stereocenters. The van der Waals surface area contributed by atoms with Crippen molar-refractivity contribution in [2.24, 2.45) is 0 Å². The molecule has 2 amide bonds. The summed E-state index contributed by atoms with van der Waals surface area (Å²) < 4.78 is 21.4. The van der Waals surface area contributed by atoms with Crippen LogP contribution in [-0.4, -0.2) is 34.1 Å². The summed E-state index contributed by atoms with van der Waals surface area (Å²) in [4.78, 5) is 26.3. The zero-order chi connectivity index (χ0) is 25.9. The molecule has 1 aliphatic rings. The van der Waals surface area contributed by atoms with Crippen molar-refractivity contribution in [1.82, 2.24) is 4.72 Å². The predicted molar refractivity (Wildman–Crippen MR) is 146 cm³/mol. The van der Waals surface area contributed by atoms with E-state index in [0.717, 1.165) is 24.1 Å². The lowest BCUT2D eigenvalue weighted by molar-refractivity contribution is 0.0635. The van der Waals surface area contributed by atoms with Crippen LogP contribution >= 0.6 is 11.6 Å². The minimum absolute atomic E-state index is 0.361. The maximum atomic E-state index is 13.1. The maximum Gasteiger partial charge on any atom is 0.412 e. The van der Waals surface area contributed by atoms with E-state index in [2.05, 4.69) is 15.4 Å². The highest BCUT2D eigenvalue weighted by molar-refractivity contribution is 8.01. The highest BCUT2D eigenvalue weighted by Crippen LogP contribution is 2.31. The van der Waals surface area contributed by atoms with Gasteiger partial charge in [-0.1, -0.05) is 29.8 Å². The number of carbonyl (C=O) groups excluding carboxylic acids is 2. The van der Waals surface area contributed by atoms with Crippen molar-refractivity contribution in [3.05, 3.63) is 77.3 Å². The zero-order valence-corrected chi connectivity index (χ0v) is 22.1. The molecular formula is C27H30ClN3O4S. The Hall–Kier alpha value is -3.20. The Labute approximate surface area is 217 Å². The Balaban J connectivity index is 1.60. The molecule has 0 radical (unpaired) electrons. The van der Waals surface area contributed by atoms with Gasteiger partial charge >= 0.3 is 6.09 Å². The zero-order valence-electron chi connectivity index (χ0n) is 20.4. The van der Waals surface area contributed by atoms with Gasteiger partial charge in [0.25, 0.3) is 5.91 Å². The molecule has 1 saturated heterocycles. The summed E-state index contributed by atoms with van der Waals surface area (Å²) in [7, 11) is -2.58. The second kappa shape index (κ2) is 10.4. The average molecular weight is 528 g/mol. The van der Waals surface area contributed by atoms with Crippen LogP contribution in [-0.2, 0) is 14.9 Å². The summed E-state index contributed by atoms with van der Waals surface area (Å²) in [6.45, 7) is 6.06. The molecule has 4 rings (SSSR count). The number of ether oxygens (including phenoxy) is 1. The van der Waals surface area contributed by atoms with Gasteiger partial charge in [0.15, 0.2) is 0 Å². The summed E-state index contributed by atoms with van der Waals surface area (Å²) in [5.41, 5.74) is 2.27. The first-order valence-electron chi connectivity index (χ1n) is 11.7. The van der Waals surface area contributed by atoms with E-state index in [1.54, 1.807) is 69.3 Å². The summed E-state index contributed by atoms with van der Waals surface area (Å²) in [6, 6.07) is 19.4. The van der Waals surface area contributed by atoms with Gasteiger partial charge in [-0.15, -0.1) is 0 Å². The molecule has 0 unspecified atom stereocenters. The van der Waals surface area contributed by atoms with Crippen molar-refractivity contribution < 1.29 is 18.5 Å². The van der Waals surface area contributed by atoms with Gasteiger partial charge in [-0.2, -0.15) is 0 Å². The maximum absolute atomic E-state index is 13.1. The molecule has 0 saturated carbocycles. The fraction of sp³-hybridized carbons (Fsp3) is 0.259. The number of hydrogen-bond acceptors (Lipinski definition) is 4. The summed E-state index contributed by atoms with van der Waals surface area (Å²) in [5, 5.41) is 6.24. The van der Waals surface area contributed by atoms with Crippen LogP contribution in [0.3, 0.4) is 0 Å². The lowest BCUT2D eigenvalue weighted by Gasteiger charge is -2.21. The van der Waals surface area contributed by atoms with E-state index in [0.29, 0.717) is 32.6 Å². The standard InChI is InChI=1S/C27H30ClN3O4S/c1-27(2,3)35-26(33)31-23-14-9-20(18-5-10-21(28)11-6-18)17-24(23)30-25(32)19-7-12-22(13-8-19)36(34)16-4-15-29-36/h5-14,17,36H,4,15-16H2,1-3H3,(H,29,34)(H,30,32)(H,31,33). The molecule has 9 heteroatoms. The number of anilines is 2. The van der Waals surface area contributed by atoms with E-state index in [-0.39, 0.29) is 5.91 Å². The Bertz CT molecular complexity index is 1310. The molecule has 1 heterocycles. The van der Waals surface area contributed by atoms with Gasteiger partial charge in [0, 0.05) is 27.8 Å². The SMILES string of the molecule is CC(C)(C)OC(=O)Nc1ccc(-c2ccc(Cl)cc2)cc1NC(=O)c1ccc([SH]2(=O)CCCN2)cc1. The van der Waals surface area contributed by atoms with Gasteiger partial charge in [0.2, 0.25) is 0 Å². The third-order valence-corrected chi connectivity index (χ3v) is 8.71. The number of benzene rings is 3. The van der Waals surface area contributed by atoms with Crippen LogP contribution in [0.1, 0.15) is 37.6 Å². The Morgan fingerprint density at radius 3 is 2.19 bits per heavy atom. The van der Waals surface area contributed by atoms with Gasteiger partial charge in [-0.3, -0.25) is 19.0 Å². The second-order valence-electron chi connectivity index (χ2n) is 9.62. The fourth-order valence-electron chi connectivity index (χ4n) is 3.90. The van der Waals surface area contributed by atoms with Crippen molar-refractivity contribution >= 4 is 45.1 Å². The van der Waals surface area contributed by atoms with Crippen LogP contribution in [0.2, 0.25) is 5.02 Å². The lowest BCUT2D eigenvalue weighted by Crippen LogP contribution is -2.27. The van der Waals surface area contributed by atoms with Crippen LogP contribution < -0.4 is 15.4 Å². The normalized spacial score (nSPS) is 15.7. The summed E-state index contributed by atoms with van der Waals surface area (Å²) in [6.07, 6.45) is 0.243. The second-order valence-corrected chi connectivity index (χ2v) is 12.8. The molecule has 7 nitrogen and oxygen atoms in total. The quantitative estimate of drug-likeness (QED) is 0.311. The van der Waals surface area contributed by atoms with Gasteiger partial charge in [-0.05, 0) is 97.0 Å². The average Bonchev–Trinajstić information content (AvgIpc) is 3.27. The smallest absolute Gasteiger partial charge is 0.412 e. The molecule has 3 aromatic rings. The van der Waals surface area contributed by atoms with E-state index >= 15 is 0 Å². The van der Waals surface area contributed by atoms with Crippen molar-refractivity contribution in [3.8, 4) is 11.1 Å². The van der Waals surface area contributed by atoms with Crippen LogP contribution in [0.15, 0.2) is 71.6 Å². The number of carbonyl (C=O) groups is 2. The highest BCUT2D eigenvalue weighted by atomic mass is 35.5. The van der Waals surface area contributed by atoms with E-state index in [4.69, 9.17) is 16.3 Å². The lowest BCUT2D eigenvalue weighted by atomic mass is 10.0. The third-order valence-electron chi connectivity index (χ3n) is 5.64. The van der Waals surface area contributed by atoms with E-state index in [1.807, 2.05) is 18.2 Å². The molecule has 0 aliphatic carbocycles. The summed E-state index contributed by atoms with van der Waals surface area (Å²) >= 11 is 6.02. The Kier molecular flexibility index (Phi) is 7.49. The van der Waals surface area contributed by atoms with Crippen molar-refractivity contribution in [3.63, 3.8) is 0 Å². The fourth-order valence-corrected chi connectivity index (χ4v) is 6.38. The van der Waals surface area contributed by atoms with Gasteiger partial charge < -0.3 is 10.1 Å².